The summed E-state index contributed by atoms with van der Waals surface area (Å²) in [4.78, 5) is 12.5. The van der Waals surface area contributed by atoms with E-state index in [9.17, 15) is 20.1 Å². The fourth-order valence-corrected chi connectivity index (χ4v) is 8.82. The number of hydrogen-bond donors (Lipinski definition) is 4. The Kier molecular flexibility index (Phi) is 54.0. The van der Waals surface area contributed by atoms with Crippen LogP contribution in [0.5, 0.6) is 0 Å². The third kappa shape index (κ3) is 51.4. The Labute approximate surface area is 411 Å². The standard InChI is InChI=1S/C61H113NO4/c1-3-5-7-9-11-13-15-17-19-21-22-23-24-25-26-27-28-29-30-31-32-33-34-35-36-37-38-39-40-42-44-46-48-50-52-54-58(64)56-61(66)62-59(57-63)60(65)55-53-51-49-47-45-43-41-20-18-16-14-12-10-8-6-4-2/h18,20,26-27,29-30,45,47,53,55,58-60,63-65H,3-17,19,21-25,28,31-44,46,48-52,54,56-57H2,1-2H3,(H,62,66)/b20-18+,27-26-,30-29-,47-45+,55-53+. The van der Waals surface area contributed by atoms with Crippen molar-refractivity contribution in [1.29, 1.82) is 0 Å². The zero-order valence-corrected chi connectivity index (χ0v) is 44.1. The van der Waals surface area contributed by atoms with Gasteiger partial charge in [0, 0.05) is 0 Å². The Balaban J connectivity index is 3.55. The molecule has 3 unspecified atom stereocenters. The second-order valence-corrected chi connectivity index (χ2v) is 19.9. The van der Waals surface area contributed by atoms with E-state index in [1.807, 2.05) is 6.08 Å². The summed E-state index contributed by atoms with van der Waals surface area (Å²) >= 11 is 0. The predicted molar refractivity (Wildman–Crippen MR) is 291 cm³/mol. The largest absolute Gasteiger partial charge is 0.394 e. The van der Waals surface area contributed by atoms with Crippen molar-refractivity contribution < 1.29 is 20.1 Å². The predicted octanol–water partition coefficient (Wildman–Crippen LogP) is 18.2. The maximum Gasteiger partial charge on any atom is 0.222 e. The molecule has 386 valence electrons. The van der Waals surface area contributed by atoms with Gasteiger partial charge in [-0.3, -0.25) is 4.79 Å². The molecule has 5 nitrogen and oxygen atoms in total. The summed E-state index contributed by atoms with van der Waals surface area (Å²) in [5, 5.41) is 33.4. The lowest BCUT2D eigenvalue weighted by molar-refractivity contribution is -0.124. The summed E-state index contributed by atoms with van der Waals surface area (Å²) in [7, 11) is 0. The fraction of sp³-hybridized carbons (Fsp3) is 0.820. The minimum atomic E-state index is -0.962. The average Bonchev–Trinajstić information content (AvgIpc) is 3.31. The van der Waals surface area contributed by atoms with E-state index in [4.69, 9.17) is 0 Å². The first-order valence-corrected chi connectivity index (χ1v) is 29.1. The van der Waals surface area contributed by atoms with Crippen LogP contribution in [0.2, 0.25) is 0 Å². The lowest BCUT2D eigenvalue weighted by atomic mass is 10.0. The zero-order chi connectivity index (χ0) is 47.9. The van der Waals surface area contributed by atoms with Crippen LogP contribution in [-0.2, 0) is 4.79 Å². The van der Waals surface area contributed by atoms with Gasteiger partial charge in [-0.1, -0.05) is 274 Å². The number of carbonyl (C=O) groups excluding carboxylic acids is 1. The van der Waals surface area contributed by atoms with Crippen LogP contribution < -0.4 is 5.32 Å². The van der Waals surface area contributed by atoms with Crippen LogP contribution >= 0.6 is 0 Å². The Bertz CT molecular complexity index is 1110. The molecule has 1 amide bonds. The van der Waals surface area contributed by atoms with E-state index in [0.717, 1.165) is 44.9 Å². The van der Waals surface area contributed by atoms with Crippen molar-refractivity contribution >= 4 is 5.91 Å². The van der Waals surface area contributed by atoms with Gasteiger partial charge < -0.3 is 20.6 Å². The first-order valence-electron chi connectivity index (χ1n) is 29.1. The van der Waals surface area contributed by atoms with Gasteiger partial charge >= 0.3 is 0 Å². The van der Waals surface area contributed by atoms with Crippen LogP contribution in [-0.4, -0.2) is 46.1 Å². The summed E-state index contributed by atoms with van der Waals surface area (Å²) in [5.74, 6) is -0.329. The molecule has 0 aromatic rings. The summed E-state index contributed by atoms with van der Waals surface area (Å²) in [6.07, 6.45) is 75.7. The molecule has 0 saturated heterocycles. The van der Waals surface area contributed by atoms with Crippen molar-refractivity contribution in [3.05, 3.63) is 60.8 Å². The van der Waals surface area contributed by atoms with Gasteiger partial charge in [-0.15, -0.1) is 0 Å². The van der Waals surface area contributed by atoms with E-state index < -0.39 is 18.2 Å². The van der Waals surface area contributed by atoms with E-state index in [-0.39, 0.29) is 18.9 Å². The summed E-state index contributed by atoms with van der Waals surface area (Å²) in [6.45, 7) is 4.20. The monoisotopic (exact) mass is 924 g/mol. The molecule has 0 aromatic heterocycles. The van der Waals surface area contributed by atoms with Gasteiger partial charge in [0.25, 0.3) is 0 Å². The number of nitrogens with one attached hydrogen (secondary N) is 1. The molecular formula is C61H113NO4. The molecule has 0 spiro atoms. The highest BCUT2D eigenvalue weighted by Crippen LogP contribution is 2.17. The van der Waals surface area contributed by atoms with Crippen LogP contribution in [0, 0.1) is 0 Å². The lowest BCUT2D eigenvalue weighted by Crippen LogP contribution is -2.45. The molecule has 3 atom stereocenters. The molecule has 0 aromatic carbocycles. The highest BCUT2D eigenvalue weighted by Gasteiger charge is 2.20. The van der Waals surface area contributed by atoms with Gasteiger partial charge in [0.2, 0.25) is 5.91 Å². The minimum absolute atomic E-state index is 0.00139. The molecule has 0 aliphatic heterocycles. The number of hydrogen-bond acceptors (Lipinski definition) is 4. The van der Waals surface area contributed by atoms with Crippen molar-refractivity contribution in [3.8, 4) is 0 Å². The molecule has 0 bridgehead atoms. The van der Waals surface area contributed by atoms with Gasteiger partial charge in [-0.25, -0.2) is 0 Å². The number of unbranched alkanes of at least 4 members (excludes halogenated alkanes) is 36. The number of carbonyl (C=O) groups is 1. The molecular weight excluding hydrogens is 811 g/mol. The van der Waals surface area contributed by atoms with Crippen LogP contribution in [0.4, 0.5) is 0 Å². The molecule has 0 aliphatic carbocycles. The third-order valence-electron chi connectivity index (χ3n) is 13.3. The molecule has 0 radical (unpaired) electrons. The zero-order valence-electron chi connectivity index (χ0n) is 44.1. The van der Waals surface area contributed by atoms with Gasteiger partial charge in [-0.2, -0.15) is 0 Å². The topological polar surface area (TPSA) is 89.8 Å². The minimum Gasteiger partial charge on any atom is -0.394 e. The lowest BCUT2D eigenvalue weighted by Gasteiger charge is -2.21. The molecule has 66 heavy (non-hydrogen) atoms. The Morgan fingerprint density at radius 3 is 1.06 bits per heavy atom. The number of aliphatic hydroxyl groups is 3. The SMILES string of the molecule is CCCCCCCC/C=C/CC/C=C/CC/C=C/C(O)C(CO)NC(=O)CC(O)CCCCCCCCCCCCCCCCC/C=C\C/C=C\CCCCCCCCCCCCCCC. The number of aliphatic hydroxyl groups excluding tert-OH is 3. The molecule has 0 saturated carbocycles. The van der Waals surface area contributed by atoms with Gasteiger partial charge in [0.05, 0.1) is 31.3 Å². The maximum atomic E-state index is 12.5. The average molecular weight is 925 g/mol. The molecule has 0 rings (SSSR count). The van der Waals surface area contributed by atoms with E-state index in [0.29, 0.717) is 6.42 Å². The van der Waals surface area contributed by atoms with Crippen molar-refractivity contribution in [2.24, 2.45) is 0 Å². The van der Waals surface area contributed by atoms with Crippen LogP contribution in [0.3, 0.4) is 0 Å². The smallest absolute Gasteiger partial charge is 0.222 e. The molecule has 0 fully saturated rings. The van der Waals surface area contributed by atoms with E-state index in [1.165, 1.54) is 225 Å². The van der Waals surface area contributed by atoms with Crippen LogP contribution in [0.25, 0.3) is 0 Å². The highest BCUT2D eigenvalue weighted by atomic mass is 16.3. The first kappa shape index (κ1) is 64.0. The van der Waals surface area contributed by atoms with E-state index in [1.54, 1.807) is 6.08 Å². The summed E-state index contributed by atoms with van der Waals surface area (Å²) in [6, 6.07) is -0.769. The summed E-state index contributed by atoms with van der Waals surface area (Å²) in [5.41, 5.74) is 0. The Hall–Kier alpha value is -1.95. The molecule has 5 heteroatoms. The van der Waals surface area contributed by atoms with Gasteiger partial charge in [0.15, 0.2) is 0 Å². The number of rotatable bonds is 53. The molecule has 0 heterocycles. The maximum absolute atomic E-state index is 12.5. The van der Waals surface area contributed by atoms with Crippen LogP contribution in [0.1, 0.15) is 296 Å². The van der Waals surface area contributed by atoms with Crippen molar-refractivity contribution in [3.63, 3.8) is 0 Å². The summed E-state index contributed by atoms with van der Waals surface area (Å²) < 4.78 is 0. The van der Waals surface area contributed by atoms with Gasteiger partial charge in [0.1, 0.15) is 0 Å². The van der Waals surface area contributed by atoms with E-state index in [2.05, 4.69) is 67.8 Å². The fourth-order valence-electron chi connectivity index (χ4n) is 8.82. The van der Waals surface area contributed by atoms with E-state index >= 15 is 0 Å². The number of amides is 1. The third-order valence-corrected chi connectivity index (χ3v) is 13.3. The van der Waals surface area contributed by atoms with Crippen molar-refractivity contribution in [2.45, 2.75) is 315 Å². The van der Waals surface area contributed by atoms with Crippen molar-refractivity contribution in [1.82, 2.24) is 5.32 Å². The highest BCUT2D eigenvalue weighted by molar-refractivity contribution is 5.76. The molecule has 4 N–H and O–H groups in total. The first-order chi connectivity index (χ1) is 32.5. The van der Waals surface area contributed by atoms with Gasteiger partial charge in [-0.05, 0) is 77.0 Å². The second-order valence-electron chi connectivity index (χ2n) is 19.9. The normalized spacial score (nSPS) is 13.7. The molecule has 0 aliphatic rings. The van der Waals surface area contributed by atoms with Crippen molar-refractivity contribution in [2.75, 3.05) is 6.61 Å². The Morgan fingerprint density at radius 1 is 0.394 bits per heavy atom. The number of allylic oxidation sites excluding steroid dienone is 9. The van der Waals surface area contributed by atoms with Crippen LogP contribution in [0.15, 0.2) is 60.8 Å². The second kappa shape index (κ2) is 55.6. The quantitative estimate of drug-likeness (QED) is 0.0361. The Morgan fingerprint density at radius 2 is 0.697 bits per heavy atom.